The summed E-state index contributed by atoms with van der Waals surface area (Å²) in [4.78, 5) is 12.8. The molecule has 0 atom stereocenters. The van der Waals surface area contributed by atoms with Gasteiger partial charge in [-0.15, -0.1) is 0 Å². The predicted molar refractivity (Wildman–Crippen MR) is 114 cm³/mol. The number of carbonyl (C=O) groups excluding carboxylic acids is 1. The van der Waals surface area contributed by atoms with Crippen molar-refractivity contribution in [3.8, 4) is 0 Å². The molecular formula is C24H23N3O. The molecule has 1 heterocycles. The summed E-state index contributed by atoms with van der Waals surface area (Å²) in [5.74, 6) is -0.106. The largest absolute Gasteiger partial charge is 0.322 e. The van der Waals surface area contributed by atoms with Crippen molar-refractivity contribution in [3.05, 3.63) is 95.2 Å². The number of anilines is 1. The lowest BCUT2D eigenvalue weighted by Crippen LogP contribution is -2.13. The van der Waals surface area contributed by atoms with E-state index in [2.05, 4.69) is 48.5 Å². The number of aromatic nitrogens is 2. The van der Waals surface area contributed by atoms with Gasteiger partial charge in [0.1, 0.15) is 0 Å². The fraction of sp³-hybridized carbons (Fsp3) is 0.167. The molecule has 0 aliphatic carbocycles. The summed E-state index contributed by atoms with van der Waals surface area (Å²) in [7, 11) is 0. The number of aryl methyl sites for hydroxylation is 2. The number of nitrogens with one attached hydrogen (secondary N) is 1. The molecular weight excluding hydrogens is 346 g/mol. The maximum atomic E-state index is 12.8. The number of hydrogen-bond donors (Lipinski definition) is 1. The molecule has 0 radical (unpaired) electrons. The predicted octanol–water partition coefficient (Wildman–Crippen LogP) is 5.21. The molecule has 0 saturated heterocycles. The first-order chi connectivity index (χ1) is 13.6. The molecule has 0 aliphatic rings. The van der Waals surface area contributed by atoms with Gasteiger partial charge in [0, 0.05) is 16.6 Å². The molecule has 0 unspecified atom stereocenters. The standard InChI is InChI=1S/C24H23N3O/c1-3-19-6-4-5-7-22(19)26-24(28)20-12-13-21-15-25-27(23(21)14-20)16-18-10-8-17(2)9-11-18/h4-15H,3,16H2,1-2H3,(H,26,28). The number of fused-ring (bicyclic) bond motifs is 1. The summed E-state index contributed by atoms with van der Waals surface area (Å²) in [5, 5.41) is 8.58. The number of para-hydroxylation sites is 1. The topological polar surface area (TPSA) is 46.9 Å². The van der Waals surface area contributed by atoms with Gasteiger partial charge in [0.25, 0.3) is 5.91 Å². The first-order valence-corrected chi connectivity index (χ1v) is 9.54. The number of carbonyl (C=O) groups is 1. The van der Waals surface area contributed by atoms with E-state index in [1.54, 1.807) is 0 Å². The molecule has 3 aromatic carbocycles. The molecule has 28 heavy (non-hydrogen) atoms. The van der Waals surface area contributed by atoms with E-state index in [4.69, 9.17) is 0 Å². The Hall–Kier alpha value is -3.40. The van der Waals surface area contributed by atoms with Crippen molar-refractivity contribution >= 4 is 22.5 Å². The molecule has 4 nitrogen and oxygen atoms in total. The summed E-state index contributed by atoms with van der Waals surface area (Å²) in [6.07, 6.45) is 2.72. The Morgan fingerprint density at radius 3 is 2.61 bits per heavy atom. The first kappa shape index (κ1) is 18.0. The van der Waals surface area contributed by atoms with Gasteiger partial charge in [-0.1, -0.05) is 61.0 Å². The van der Waals surface area contributed by atoms with E-state index in [1.165, 1.54) is 11.1 Å². The fourth-order valence-electron chi connectivity index (χ4n) is 3.35. The second-order valence-electron chi connectivity index (χ2n) is 7.03. The van der Waals surface area contributed by atoms with Gasteiger partial charge >= 0.3 is 0 Å². The van der Waals surface area contributed by atoms with E-state index in [9.17, 15) is 4.79 Å². The Morgan fingerprint density at radius 1 is 1.04 bits per heavy atom. The molecule has 4 rings (SSSR count). The summed E-state index contributed by atoms with van der Waals surface area (Å²) in [6.45, 7) is 4.84. The monoisotopic (exact) mass is 369 g/mol. The summed E-state index contributed by atoms with van der Waals surface area (Å²) in [5.41, 5.74) is 5.99. The third-order valence-electron chi connectivity index (χ3n) is 5.01. The molecule has 0 aliphatic heterocycles. The zero-order valence-electron chi connectivity index (χ0n) is 16.1. The smallest absolute Gasteiger partial charge is 0.255 e. The molecule has 0 saturated carbocycles. The highest BCUT2D eigenvalue weighted by Crippen LogP contribution is 2.20. The van der Waals surface area contributed by atoms with Crippen LogP contribution in [0.3, 0.4) is 0 Å². The van der Waals surface area contributed by atoms with E-state index >= 15 is 0 Å². The molecule has 4 aromatic rings. The molecule has 1 aromatic heterocycles. The molecule has 0 bridgehead atoms. The summed E-state index contributed by atoms with van der Waals surface area (Å²) >= 11 is 0. The highest BCUT2D eigenvalue weighted by atomic mass is 16.1. The van der Waals surface area contributed by atoms with Gasteiger partial charge in [-0.05, 0) is 42.7 Å². The number of amides is 1. The number of nitrogens with zero attached hydrogens (tertiary/aromatic N) is 2. The average Bonchev–Trinajstić information content (AvgIpc) is 3.12. The Labute approximate surface area is 164 Å². The van der Waals surface area contributed by atoms with Gasteiger partial charge in [-0.3, -0.25) is 9.48 Å². The van der Waals surface area contributed by atoms with Crippen LogP contribution in [0.1, 0.15) is 34.0 Å². The van der Waals surface area contributed by atoms with Crippen molar-refractivity contribution < 1.29 is 4.79 Å². The van der Waals surface area contributed by atoms with Crippen LogP contribution in [-0.2, 0) is 13.0 Å². The van der Waals surface area contributed by atoms with Crippen LogP contribution >= 0.6 is 0 Å². The second-order valence-corrected chi connectivity index (χ2v) is 7.03. The van der Waals surface area contributed by atoms with Crippen LogP contribution in [0.5, 0.6) is 0 Å². The van der Waals surface area contributed by atoms with Gasteiger partial charge in [0.15, 0.2) is 0 Å². The minimum atomic E-state index is -0.106. The lowest BCUT2D eigenvalue weighted by molar-refractivity contribution is 0.102. The second kappa shape index (κ2) is 7.69. The van der Waals surface area contributed by atoms with Crippen molar-refractivity contribution in [3.63, 3.8) is 0 Å². The third-order valence-corrected chi connectivity index (χ3v) is 5.01. The highest BCUT2D eigenvalue weighted by molar-refractivity contribution is 6.06. The van der Waals surface area contributed by atoms with Crippen molar-refractivity contribution in [2.45, 2.75) is 26.8 Å². The normalized spacial score (nSPS) is 10.9. The quantitative estimate of drug-likeness (QED) is 0.525. The number of benzene rings is 3. The summed E-state index contributed by atoms with van der Waals surface area (Å²) < 4.78 is 1.94. The van der Waals surface area contributed by atoms with Crippen LogP contribution in [0.15, 0.2) is 72.9 Å². The van der Waals surface area contributed by atoms with Crippen molar-refractivity contribution in [1.82, 2.24) is 9.78 Å². The number of rotatable bonds is 5. The van der Waals surface area contributed by atoms with Crippen LogP contribution in [0.2, 0.25) is 0 Å². The Bertz CT molecular complexity index is 1130. The molecule has 1 N–H and O–H groups in total. The molecule has 0 spiro atoms. The van der Waals surface area contributed by atoms with Crippen LogP contribution < -0.4 is 5.32 Å². The zero-order chi connectivity index (χ0) is 19.5. The van der Waals surface area contributed by atoms with Gasteiger partial charge < -0.3 is 5.32 Å². The minimum Gasteiger partial charge on any atom is -0.322 e. The van der Waals surface area contributed by atoms with Crippen LogP contribution in [0, 0.1) is 6.92 Å². The van der Waals surface area contributed by atoms with E-state index < -0.39 is 0 Å². The summed E-state index contributed by atoms with van der Waals surface area (Å²) in [6, 6.07) is 22.1. The van der Waals surface area contributed by atoms with Crippen LogP contribution in [-0.4, -0.2) is 15.7 Å². The Kier molecular flexibility index (Phi) is 4.94. The molecule has 140 valence electrons. The SMILES string of the molecule is CCc1ccccc1NC(=O)c1ccc2cnn(Cc3ccc(C)cc3)c2c1. The number of hydrogen-bond acceptors (Lipinski definition) is 2. The maximum absolute atomic E-state index is 12.8. The minimum absolute atomic E-state index is 0.106. The van der Waals surface area contributed by atoms with Gasteiger partial charge in [0.05, 0.1) is 18.3 Å². The van der Waals surface area contributed by atoms with Gasteiger partial charge in [0.2, 0.25) is 0 Å². The third kappa shape index (κ3) is 3.67. The van der Waals surface area contributed by atoms with Crippen LogP contribution in [0.25, 0.3) is 10.9 Å². The van der Waals surface area contributed by atoms with E-state index in [0.717, 1.165) is 28.6 Å². The van der Waals surface area contributed by atoms with Crippen LogP contribution in [0.4, 0.5) is 5.69 Å². The first-order valence-electron chi connectivity index (χ1n) is 9.54. The molecule has 0 fully saturated rings. The zero-order valence-corrected chi connectivity index (χ0v) is 16.1. The highest BCUT2D eigenvalue weighted by Gasteiger charge is 2.11. The molecule has 4 heteroatoms. The van der Waals surface area contributed by atoms with Gasteiger partial charge in [-0.2, -0.15) is 5.10 Å². The molecule has 1 amide bonds. The van der Waals surface area contributed by atoms with E-state index in [0.29, 0.717) is 12.1 Å². The van der Waals surface area contributed by atoms with Gasteiger partial charge in [-0.25, -0.2) is 0 Å². The van der Waals surface area contributed by atoms with Crippen molar-refractivity contribution in [2.24, 2.45) is 0 Å². The van der Waals surface area contributed by atoms with Crippen molar-refractivity contribution in [1.29, 1.82) is 0 Å². The van der Waals surface area contributed by atoms with E-state index in [-0.39, 0.29) is 5.91 Å². The lowest BCUT2D eigenvalue weighted by Gasteiger charge is -2.10. The lowest BCUT2D eigenvalue weighted by atomic mass is 10.1. The van der Waals surface area contributed by atoms with Crippen molar-refractivity contribution in [2.75, 3.05) is 5.32 Å². The van der Waals surface area contributed by atoms with E-state index in [1.807, 2.05) is 53.3 Å². The Balaban J connectivity index is 1.61. The fourth-order valence-corrected chi connectivity index (χ4v) is 3.35. The Morgan fingerprint density at radius 2 is 1.82 bits per heavy atom. The average molecular weight is 369 g/mol. The maximum Gasteiger partial charge on any atom is 0.255 e.